The summed E-state index contributed by atoms with van der Waals surface area (Å²) < 4.78 is 29.3. The van der Waals surface area contributed by atoms with Crippen molar-refractivity contribution >= 4 is 16.3 Å². The molecule has 0 bridgehead atoms. The van der Waals surface area contributed by atoms with Crippen LogP contribution in [0, 0.1) is 0 Å². The molecule has 1 heterocycles. The van der Waals surface area contributed by atoms with Crippen molar-refractivity contribution in [1.82, 2.24) is 0 Å². The Bertz CT molecular complexity index is 341. The summed E-state index contributed by atoms with van der Waals surface area (Å²) >= 11 is 0. The molecule has 0 aromatic heterocycles. The van der Waals surface area contributed by atoms with Gasteiger partial charge in [0.15, 0.2) is 0 Å². The largest absolute Gasteiger partial charge is 0.506 e. The lowest BCUT2D eigenvalue weighted by Crippen LogP contribution is -2.28. The third kappa shape index (κ3) is 2.11. The van der Waals surface area contributed by atoms with E-state index in [9.17, 15) is 13.2 Å². The molecule has 1 fully saturated rings. The van der Waals surface area contributed by atoms with Crippen LogP contribution >= 0.6 is 0 Å². The molecule has 1 rings (SSSR count). The maximum atomic E-state index is 10.7. The Kier molecular flexibility index (Phi) is 2.46. The van der Waals surface area contributed by atoms with Gasteiger partial charge < -0.3 is 14.1 Å². The van der Waals surface area contributed by atoms with E-state index in [0.29, 0.717) is 12.8 Å². The van der Waals surface area contributed by atoms with E-state index in [1.54, 1.807) is 0 Å². The number of hydrogen-bond acceptors (Lipinski definition) is 5. The number of carbonyl (C=O) groups is 1. The van der Waals surface area contributed by atoms with Gasteiger partial charge >= 0.3 is 16.3 Å². The monoisotopic (exact) mass is 207 g/mol. The van der Waals surface area contributed by atoms with E-state index in [-0.39, 0.29) is 11.5 Å². The zero-order chi connectivity index (χ0) is 10.1. The molecule has 0 aromatic rings. The molecular weight excluding hydrogens is 198 g/mol. The Morgan fingerprint density at radius 2 is 2.00 bits per heavy atom. The standard InChI is InChI=1S/C6H9NO5S/c1-2-3-4(5(7)8)6-11-13(9,10)12-6/h2-3H2,1H3,(H2,7,8). The summed E-state index contributed by atoms with van der Waals surface area (Å²) in [6.45, 7) is 1.82. The molecule has 6 nitrogen and oxygen atoms in total. The lowest BCUT2D eigenvalue weighted by Gasteiger charge is -2.19. The predicted molar refractivity (Wildman–Crippen MR) is 42.2 cm³/mol. The summed E-state index contributed by atoms with van der Waals surface area (Å²) in [7, 11) is -3.89. The minimum Gasteiger partial charge on any atom is -0.366 e. The normalized spacial score (nSPS) is 18.1. The van der Waals surface area contributed by atoms with E-state index in [4.69, 9.17) is 5.73 Å². The predicted octanol–water partition coefficient (Wildman–Crippen LogP) is -0.225. The van der Waals surface area contributed by atoms with Gasteiger partial charge in [-0.2, -0.15) is 0 Å². The van der Waals surface area contributed by atoms with Crippen LogP contribution in [0.1, 0.15) is 19.8 Å². The summed E-state index contributed by atoms with van der Waals surface area (Å²) in [6.07, 6.45) is 0.981. The summed E-state index contributed by atoms with van der Waals surface area (Å²) in [5.74, 6) is -1.03. The van der Waals surface area contributed by atoms with Crippen LogP contribution in [0.5, 0.6) is 0 Å². The highest BCUT2D eigenvalue weighted by Crippen LogP contribution is 2.27. The van der Waals surface area contributed by atoms with E-state index in [2.05, 4.69) is 8.37 Å². The van der Waals surface area contributed by atoms with E-state index in [1.807, 2.05) is 6.92 Å². The van der Waals surface area contributed by atoms with Crippen molar-refractivity contribution < 1.29 is 21.6 Å². The fraction of sp³-hybridized carbons (Fsp3) is 0.500. The van der Waals surface area contributed by atoms with Gasteiger partial charge in [-0.05, 0) is 6.42 Å². The quantitative estimate of drug-likeness (QED) is 0.645. The number of primary amides is 1. The third-order valence-corrected chi connectivity index (χ3v) is 2.11. The zero-order valence-corrected chi connectivity index (χ0v) is 7.76. The second kappa shape index (κ2) is 3.25. The second-order valence-electron chi connectivity index (χ2n) is 2.46. The van der Waals surface area contributed by atoms with Crippen molar-refractivity contribution in [3.63, 3.8) is 0 Å². The minimum atomic E-state index is -3.89. The Morgan fingerprint density at radius 1 is 1.46 bits per heavy atom. The van der Waals surface area contributed by atoms with E-state index in [1.165, 1.54) is 0 Å². The molecule has 13 heavy (non-hydrogen) atoms. The van der Waals surface area contributed by atoms with Crippen LogP contribution in [-0.2, 0) is 23.6 Å². The highest BCUT2D eigenvalue weighted by atomic mass is 32.3. The summed E-state index contributed by atoms with van der Waals surface area (Å²) in [5, 5.41) is 0. The molecule has 1 aliphatic rings. The average Bonchev–Trinajstić information content (AvgIpc) is 1.95. The van der Waals surface area contributed by atoms with Gasteiger partial charge in [0.05, 0.1) is 5.57 Å². The van der Waals surface area contributed by atoms with Crippen LogP contribution in [0.15, 0.2) is 11.5 Å². The maximum Gasteiger partial charge on any atom is 0.506 e. The number of rotatable bonds is 3. The molecule has 0 aliphatic carbocycles. The van der Waals surface area contributed by atoms with Gasteiger partial charge in [0, 0.05) is 0 Å². The van der Waals surface area contributed by atoms with E-state index in [0.717, 1.165) is 0 Å². The molecule has 0 saturated carbocycles. The molecule has 2 N–H and O–H groups in total. The van der Waals surface area contributed by atoms with Gasteiger partial charge in [-0.25, -0.2) is 0 Å². The molecular formula is C6H9NO5S. The Hall–Kier alpha value is -1.24. The van der Waals surface area contributed by atoms with Crippen LogP contribution in [0.2, 0.25) is 0 Å². The van der Waals surface area contributed by atoms with E-state index >= 15 is 0 Å². The lowest BCUT2D eigenvalue weighted by atomic mass is 10.1. The fourth-order valence-electron chi connectivity index (χ4n) is 0.868. The fourth-order valence-corrected chi connectivity index (χ4v) is 1.45. The highest BCUT2D eigenvalue weighted by Gasteiger charge is 2.36. The zero-order valence-electron chi connectivity index (χ0n) is 6.94. The van der Waals surface area contributed by atoms with Gasteiger partial charge in [0.1, 0.15) is 0 Å². The highest BCUT2D eigenvalue weighted by molar-refractivity contribution is 7.83. The SMILES string of the molecule is CCCC(C(N)=O)=C1OS(=O)(=O)O1. The van der Waals surface area contributed by atoms with Crippen LogP contribution in [-0.4, -0.2) is 14.3 Å². The van der Waals surface area contributed by atoms with Gasteiger partial charge in [-0.3, -0.25) is 4.79 Å². The number of hydrogen-bond donors (Lipinski definition) is 1. The smallest absolute Gasteiger partial charge is 0.366 e. The van der Waals surface area contributed by atoms with Crippen LogP contribution < -0.4 is 5.73 Å². The first-order valence-corrected chi connectivity index (χ1v) is 4.96. The topological polar surface area (TPSA) is 95.7 Å². The average molecular weight is 207 g/mol. The van der Waals surface area contributed by atoms with Gasteiger partial charge in [0.2, 0.25) is 0 Å². The van der Waals surface area contributed by atoms with Crippen LogP contribution in [0.4, 0.5) is 0 Å². The number of nitrogens with two attached hydrogens (primary N) is 1. The molecule has 0 radical (unpaired) electrons. The molecule has 1 amide bonds. The third-order valence-electron chi connectivity index (χ3n) is 1.40. The number of amides is 1. The first-order valence-electron chi connectivity index (χ1n) is 3.63. The van der Waals surface area contributed by atoms with Crippen molar-refractivity contribution in [3.8, 4) is 0 Å². The minimum absolute atomic E-state index is 0.0670. The van der Waals surface area contributed by atoms with Gasteiger partial charge in [-0.15, -0.1) is 8.42 Å². The van der Waals surface area contributed by atoms with E-state index < -0.39 is 16.3 Å². The van der Waals surface area contributed by atoms with Crippen molar-refractivity contribution in [3.05, 3.63) is 11.5 Å². The molecule has 0 spiro atoms. The molecule has 7 heteroatoms. The van der Waals surface area contributed by atoms with Crippen molar-refractivity contribution in [2.24, 2.45) is 5.73 Å². The van der Waals surface area contributed by atoms with Crippen molar-refractivity contribution in [2.75, 3.05) is 0 Å². The van der Waals surface area contributed by atoms with Crippen molar-refractivity contribution in [1.29, 1.82) is 0 Å². The maximum absolute atomic E-state index is 10.7. The molecule has 0 aromatic carbocycles. The molecule has 1 saturated heterocycles. The summed E-state index contributed by atoms with van der Waals surface area (Å²) in [4.78, 5) is 10.7. The van der Waals surface area contributed by atoms with Gasteiger partial charge in [0.25, 0.3) is 5.91 Å². The molecule has 0 unspecified atom stereocenters. The Labute approximate surface area is 75.6 Å². The van der Waals surface area contributed by atoms with Crippen LogP contribution in [0.3, 0.4) is 0 Å². The second-order valence-corrected chi connectivity index (χ2v) is 3.61. The molecule has 1 aliphatic heterocycles. The number of carbonyl (C=O) groups excluding carboxylic acids is 1. The Morgan fingerprint density at radius 3 is 2.31 bits per heavy atom. The first-order chi connectivity index (χ1) is 5.96. The van der Waals surface area contributed by atoms with Crippen molar-refractivity contribution in [2.45, 2.75) is 19.8 Å². The molecule has 74 valence electrons. The Balaban J connectivity index is 2.83. The lowest BCUT2D eigenvalue weighted by molar-refractivity contribution is -0.115. The molecule has 0 atom stereocenters. The summed E-state index contributed by atoms with van der Waals surface area (Å²) in [5.41, 5.74) is 5.04. The van der Waals surface area contributed by atoms with Gasteiger partial charge in [-0.1, -0.05) is 13.3 Å². The summed E-state index contributed by atoms with van der Waals surface area (Å²) in [6, 6.07) is 0. The van der Waals surface area contributed by atoms with Crippen LogP contribution in [0.25, 0.3) is 0 Å². The first kappa shape index (κ1) is 9.85.